The zero-order valence-corrected chi connectivity index (χ0v) is 12.7. The zero-order valence-electron chi connectivity index (χ0n) is 12.0. The second-order valence-corrected chi connectivity index (χ2v) is 5.57. The number of nitrogens with one attached hydrogen (secondary N) is 1. The van der Waals surface area contributed by atoms with Gasteiger partial charge in [-0.15, -0.1) is 0 Å². The quantitative estimate of drug-likeness (QED) is 0.854. The van der Waals surface area contributed by atoms with Crippen molar-refractivity contribution >= 4 is 11.6 Å². The first-order valence-corrected chi connectivity index (χ1v) is 7.45. The molecule has 0 saturated heterocycles. The van der Waals surface area contributed by atoms with E-state index >= 15 is 0 Å². The highest BCUT2D eigenvalue weighted by Crippen LogP contribution is 2.39. The summed E-state index contributed by atoms with van der Waals surface area (Å²) in [7, 11) is 0. The molecule has 0 spiro atoms. The van der Waals surface area contributed by atoms with Gasteiger partial charge in [0.1, 0.15) is 0 Å². The van der Waals surface area contributed by atoms with Crippen LogP contribution in [0.4, 0.5) is 0 Å². The van der Waals surface area contributed by atoms with E-state index in [0.29, 0.717) is 10.8 Å². The predicted molar refractivity (Wildman–Crippen MR) is 84.2 cm³/mol. The Labute approximate surface area is 129 Å². The van der Waals surface area contributed by atoms with Crippen molar-refractivity contribution in [2.45, 2.75) is 19.9 Å². The first-order chi connectivity index (χ1) is 10.2. The van der Waals surface area contributed by atoms with Crippen LogP contribution in [0.3, 0.4) is 0 Å². The second-order valence-electron chi connectivity index (χ2n) is 5.16. The number of rotatable bonds is 5. The van der Waals surface area contributed by atoms with E-state index in [-0.39, 0.29) is 6.79 Å². The van der Waals surface area contributed by atoms with Gasteiger partial charge in [-0.05, 0) is 48.7 Å². The maximum absolute atomic E-state index is 6.17. The predicted octanol–water partition coefficient (Wildman–Crippen LogP) is 3.71. The molecule has 1 aliphatic rings. The van der Waals surface area contributed by atoms with E-state index in [1.165, 1.54) is 11.1 Å². The Morgan fingerprint density at radius 3 is 2.90 bits per heavy atom. The molecule has 0 bridgehead atoms. The van der Waals surface area contributed by atoms with Gasteiger partial charge in [-0.25, -0.2) is 0 Å². The van der Waals surface area contributed by atoms with Crippen molar-refractivity contribution in [3.63, 3.8) is 0 Å². The molecule has 4 heteroatoms. The van der Waals surface area contributed by atoms with Crippen molar-refractivity contribution in [2.24, 2.45) is 0 Å². The molecule has 1 aliphatic heterocycles. The van der Waals surface area contributed by atoms with Gasteiger partial charge in [0.15, 0.2) is 11.5 Å². The van der Waals surface area contributed by atoms with Gasteiger partial charge < -0.3 is 14.8 Å². The van der Waals surface area contributed by atoms with E-state index in [4.69, 9.17) is 21.1 Å². The van der Waals surface area contributed by atoms with E-state index in [0.717, 1.165) is 30.8 Å². The van der Waals surface area contributed by atoms with Crippen molar-refractivity contribution in [2.75, 3.05) is 13.3 Å². The molecular formula is C17H18ClNO2. The van der Waals surface area contributed by atoms with Crippen LogP contribution in [0.15, 0.2) is 36.4 Å². The van der Waals surface area contributed by atoms with Crippen molar-refractivity contribution in [3.05, 3.63) is 58.1 Å². The highest BCUT2D eigenvalue weighted by Gasteiger charge is 2.17. The number of halogens is 1. The van der Waals surface area contributed by atoms with Crippen molar-refractivity contribution in [3.8, 4) is 11.5 Å². The molecule has 21 heavy (non-hydrogen) atoms. The summed E-state index contributed by atoms with van der Waals surface area (Å²) in [4.78, 5) is 0. The lowest BCUT2D eigenvalue weighted by Gasteiger charge is -2.08. The summed E-state index contributed by atoms with van der Waals surface area (Å²) in [6.45, 7) is 4.09. The molecule has 0 amide bonds. The van der Waals surface area contributed by atoms with E-state index in [1.807, 2.05) is 12.1 Å². The Balaban J connectivity index is 1.54. The van der Waals surface area contributed by atoms with Gasteiger partial charge in [-0.3, -0.25) is 0 Å². The summed E-state index contributed by atoms with van der Waals surface area (Å²) in [5, 5.41) is 4.05. The van der Waals surface area contributed by atoms with Gasteiger partial charge in [0.25, 0.3) is 0 Å². The van der Waals surface area contributed by atoms with Crippen LogP contribution < -0.4 is 14.8 Å². The van der Waals surface area contributed by atoms with Gasteiger partial charge in [0, 0.05) is 6.54 Å². The third-order valence-electron chi connectivity index (χ3n) is 3.65. The van der Waals surface area contributed by atoms with Crippen LogP contribution in [0.25, 0.3) is 0 Å². The van der Waals surface area contributed by atoms with Gasteiger partial charge in [0.2, 0.25) is 6.79 Å². The standard InChI is InChI=1S/C17H18ClNO2/c1-12-4-2-3-5-14(12)6-7-19-10-13-8-15(18)17-16(9-13)20-11-21-17/h2-5,8-9,19H,6-7,10-11H2,1H3. The van der Waals surface area contributed by atoms with E-state index < -0.39 is 0 Å². The summed E-state index contributed by atoms with van der Waals surface area (Å²) >= 11 is 6.17. The molecule has 0 saturated carbocycles. The van der Waals surface area contributed by atoms with Gasteiger partial charge in [-0.2, -0.15) is 0 Å². The number of benzene rings is 2. The third-order valence-corrected chi connectivity index (χ3v) is 3.93. The molecule has 1 N–H and O–H groups in total. The first-order valence-electron chi connectivity index (χ1n) is 7.07. The molecule has 2 aromatic rings. The van der Waals surface area contributed by atoms with E-state index in [1.54, 1.807) is 0 Å². The fraction of sp³-hybridized carbons (Fsp3) is 0.294. The number of hydrogen-bond acceptors (Lipinski definition) is 3. The van der Waals surface area contributed by atoms with Crippen molar-refractivity contribution < 1.29 is 9.47 Å². The third kappa shape index (κ3) is 3.31. The molecule has 0 aliphatic carbocycles. The van der Waals surface area contributed by atoms with Gasteiger partial charge in [-0.1, -0.05) is 35.9 Å². The Hall–Kier alpha value is -1.71. The summed E-state index contributed by atoms with van der Waals surface area (Å²) < 4.78 is 10.7. The summed E-state index contributed by atoms with van der Waals surface area (Å²) in [5.74, 6) is 1.39. The number of hydrogen-bond donors (Lipinski definition) is 1. The number of fused-ring (bicyclic) bond motifs is 1. The number of ether oxygens (including phenoxy) is 2. The van der Waals surface area contributed by atoms with Crippen LogP contribution in [0.5, 0.6) is 11.5 Å². The minimum atomic E-state index is 0.249. The molecule has 3 rings (SSSR count). The van der Waals surface area contributed by atoms with Crippen molar-refractivity contribution in [1.29, 1.82) is 0 Å². The molecule has 0 fully saturated rings. The summed E-state index contributed by atoms with van der Waals surface area (Å²) in [6.07, 6.45) is 1.02. The normalized spacial score (nSPS) is 12.7. The molecule has 2 aromatic carbocycles. The lowest BCUT2D eigenvalue weighted by molar-refractivity contribution is 0.174. The fourth-order valence-electron chi connectivity index (χ4n) is 2.47. The number of aryl methyl sites for hydroxylation is 1. The molecule has 110 valence electrons. The molecule has 0 aromatic heterocycles. The van der Waals surface area contributed by atoms with Crippen LogP contribution >= 0.6 is 11.6 Å². The highest BCUT2D eigenvalue weighted by molar-refractivity contribution is 6.32. The summed E-state index contributed by atoms with van der Waals surface area (Å²) in [5.41, 5.74) is 3.83. The Kier molecular flexibility index (Phi) is 4.32. The SMILES string of the molecule is Cc1ccccc1CCNCc1cc(Cl)c2c(c1)OCO2. The lowest BCUT2D eigenvalue weighted by atomic mass is 10.1. The van der Waals surface area contributed by atoms with E-state index in [9.17, 15) is 0 Å². The Morgan fingerprint density at radius 1 is 1.19 bits per heavy atom. The maximum atomic E-state index is 6.17. The molecule has 0 radical (unpaired) electrons. The highest BCUT2D eigenvalue weighted by atomic mass is 35.5. The van der Waals surface area contributed by atoms with Crippen LogP contribution in [0, 0.1) is 6.92 Å². The minimum Gasteiger partial charge on any atom is -0.454 e. The molecule has 0 atom stereocenters. The minimum absolute atomic E-state index is 0.249. The van der Waals surface area contributed by atoms with Crippen molar-refractivity contribution in [1.82, 2.24) is 5.32 Å². The smallest absolute Gasteiger partial charge is 0.231 e. The lowest BCUT2D eigenvalue weighted by Crippen LogP contribution is -2.17. The first kappa shape index (κ1) is 14.2. The zero-order chi connectivity index (χ0) is 14.7. The molecule has 3 nitrogen and oxygen atoms in total. The Bertz CT molecular complexity index is 643. The second kappa shape index (κ2) is 6.37. The molecule has 0 unspecified atom stereocenters. The fourth-order valence-corrected chi connectivity index (χ4v) is 2.76. The largest absolute Gasteiger partial charge is 0.454 e. The van der Waals surface area contributed by atoms with Crippen LogP contribution in [0.1, 0.15) is 16.7 Å². The van der Waals surface area contributed by atoms with Crippen LogP contribution in [-0.2, 0) is 13.0 Å². The topological polar surface area (TPSA) is 30.5 Å². The van der Waals surface area contributed by atoms with E-state index in [2.05, 4.69) is 36.5 Å². The monoisotopic (exact) mass is 303 g/mol. The average Bonchev–Trinajstić information content (AvgIpc) is 2.94. The maximum Gasteiger partial charge on any atom is 0.231 e. The Morgan fingerprint density at radius 2 is 2.05 bits per heavy atom. The van der Waals surface area contributed by atoms with Gasteiger partial charge in [0.05, 0.1) is 5.02 Å². The molecular weight excluding hydrogens is 286 g/mol. The van der Waals surface area contributed by atoms with Crippen LogP contribution in [0.2, 0.25) is 5.02 Å². The average molecular weight is 304 g/mol. The molecule has 1 heterocycles. The van der Waals surface area contributed by atoms with Crippen LogP contribution in [-0.4, -0.2) is 13.3 Å². The summed E-state index contributed by atoms with van der Waals surface area (Å²) in [6, 6.07) is 12.4. The van der Waals surface area contributed by atoms with Gasteiger partial charge >= 0.3 is 0 Å².